The quantitative estimate of drug-likeness (QED) is 0.675. The van der Waals surface area contributed by atoms with Crippen LogP contribution in [0.4, 0.5) is 5.69 Å². The Kier molecular flexibility index (Phi) is 4.69. The highest BCUT2D eigenvalue weighted by atomic mass is 32.2. The van der Waals surface area contributed by atoms with Gasteiger partial charge in [0.2, 0.25) is 10.0 Å². The van der Waals surface area contributed by atoms with Gasteiger partial charge in [0.25, 0.3) is 0 Å². The Morgan fingerprint density at radius 3 is 2.61 bits per heavy atom. The molecule has 0 aromatic heterocycles. The normalized spacial score (nSPS) is 11.2. The van der Waals surface area contributed by atoms with Gasteiger partial charge in [-0.15, -0.1) is 0 Å². The van der Waals surface area contributed by atoms with Gasteiger partial charge in [0, 0.05) is 6.54 Å². The van der Waals surface area contributed by atoms with E-state index in [2.05, 4.69) is 5.32 Å². The Morgan fingerprint density at radius 1 is 1.44 bits per heavy atom. The van der Waals surface area contributed by atoms with Gasteiger partial charge in [0.05, 0.1) is 11.3 Å². The molecule has 7 heteroatoms. The molecule has 0 aliphatic heterocycles. The lowest BCUT2D eigenvalue weighted by atomic mass is 10.2. The van der Waals surface area contributed by atoms with Gasteiger partial charge in [0.1, 0.15) is 4.90 Å². The molecule has 0 saturated heterocycles. The zero-order valence-electron chi connectivity index (χ0n) is 10.0. The first-order valence-electron chi connectivity index (χ1n) is 5.50. The van der Waals surface area contributed by atoms with Crippen LogP contribution >= 0.6 is 0 Å². The van der Waals surface area contributed by atoms with E-state index >= 15 is 0 Å². The van der Waals surface area contributed by atoms with Crippen molar-refractivity contribution >= 4 is 21.7 Å². The lowest BCUT2D eigenvalue weighted by molar-refractivity contribution is 0.0696. The van der Waals surface area contributed by atoms with Gasteiger partial charge in [0.15, 0.2) is 0 Å². The van der Waals surface area contributed by atoms with Gasteiger partial charge in [-0.2, -0.15) is 0 Å². The second-order valence-electron chi connectivity index (χ2n) is 3.84. The number of carboxylic acids is 1. The average Bonchev–Trinajstić information content (AvgIpc) is 2.28. The van der Waals surface area contributed by atoms with Crippen molar-refractivity contribution in [2.45, 2.75) is 24.7 Å². The summed E-state index contributed by atoms with van der Waals surface area (Å²) in [5.74, 6) is -1.19. The number of aromatic carboxylic acids is 1. The Balaban J connectivity index is 3.14. The highest BCUT2D eigenvalue weighted by Gasteiger charge is 2.16. The number of hydrogen-bond donors (Lipinski definition) is 3. The first-order chi connectivity index (χ1) is 8.36. The summed E-state index contributed by atoms with van der Waals surface area (Å²) >= 11 is 0. The largest absolute Gasteiger partial charge is 0.478 e. The summed E-state index contributed by atoms with van der Waals surface area (Å²) in [4.78, 5) is 10.6. The van der Waals surface area contributed by atoms with E-state index in [0.29, 0.717) is 12.2 Å². The molecule has 6 nitrogen and oxygen atoms in total. The van der Waals surface area contributed by atoms with Gasteiger partial charge >= 0.3 is 5.97 Å². The first kappa shape index (κ1) is 14.5. The molecule has 0 unspecified atom stereocenters. The minimum Gasteiger partial charge on any atom is -0.478 e. The summed E-state index contributed by atoms with van der Waals surface area (Å²) in [6.07, 6.45) is 1.84. The van der Waals surface area contributed by atoms with E-state index in [1.807, 2.05) is 6.92 Å². The standard InChI is InChI=1S/C11H16N2O4S/c1-2-3-6-13-9-5-4-8(11(14)15)7-10(9)18(12,16)17/h4-5,7,13H,2-3,6H2,1H3,(H,14,15)(H2,12,16,17). The van der Waals surface area contributed by atoms with Crippen molar-refractivity contribution in [2.75, 3.05) is 11.9 Å². The number of hydrogen-bond acceptors (Lipinski definition) is 4. The van der Waals surface area contributed by atoms with E-state index in [1.165, 1.54) is 12.1 Å². The predicted octanol–water partition coefficient (Wildman–Crippen LogP) is 1.24. The van der Waals surface area contributed by atoms with Crippen LogP contribution in [0.5, 0.6) is 0 Å². The number of benzene rings is 1. The van der Waals surface area contributed by atoms with Crippen LogP contribution in [-0.2, 0) is 10.0 Å². The summed E-state index contributed by atoms with van der Waals surface area (Å²) in [6, 6.07) is 3.82. The number of carbonyl (C=O) groups is 1. The monoisotopic (exact) mass is 272 g/mol. The third kappa shape index (κ3) is 3.71. The van der Waals surface area contributed by atoms with Crippen LogP contribution in [-0.4, -0.2) is 26.0 Å². The number of primary sulfonamides is 1. The van der Waals surface area contributed by atoms with Crippen molar-refractivity contribution in [3.05, 3.63) is 23.8 Å². The molecule has 0 heterocycles. The number of carboxylic acid groups (broad SMARTS) is 1. The second-order valence-corrected chi connectivity index (χ2v) is 5.37. The fourth-order valence-electron chi connectivity index (χ4n) is 1.44. The Hall–Kier alpha value is -1.60. The van der Waals surface area contributed by atoms with E-state index < -0.39 is 16.0 Å². The molecule has 1 aromatic carbocycles. The maximum atomic E-state index is 11.4. The lowest BCUT2D eigenvalue weighted by Gasteiger charge is -2.11. The van der Waals surface area contributed by atoms with Gasteiger partial charge in [-0.1, -0.05) is 13.3 Å². The van der Waals surface area contributed by atoms with Crippen molar-refractivity contribution in [3.63, 3.8) is 0 Å². The fourth-order valence-corrected chi connectivity index (χ4v) is 2.17. The molecule has 0 aliphatic carbocycles. The van der Waals surface area contributed by atoms with Crippen LogP contribution in [0.3, 0.4) is 0 Å². The molecule has 4 N–H and O–H groups in total. The highest BCUT2D eigenvalue weighted by molar-refractivity contribution is 7.89. The summed E-state index contributed by atoms with van der Waals surface area (Å²) in [5, 5.41) is 16.8. The summed E-state index contributed by atoms with van der Waals surface area (Å²) < 4.78 is 22.8. The van der Waals surface area contributed by atoms with Crippen LogP contribution in [0, 0.1) is 0 Å². The van der Waals surface area contributed by atoms with Crippen LogP contribution in [0.15, 0.2) is 23.1 Å². The Bertz CT molecular complexity index is 540. The summed E-state index contributed by atoms with van der Waals surface area (Å²) in [6.45, 7) is 2.61. The molecular formula is C11H16N2O4S. The van der Waals surface area contributed by atoms with Crippen LogP contribution in [0.2, 0.25) is 0 Å². The Morgan fingerprint density at radius 2 is 2.11 bits per heavy atom. The van der Waals surface area contributed by atoms with Crippen LogP contribution in [0.1, 0.15) is 30.1 Å². The molecule has 1 aromatic rings. The molecule has 0 aliphatic rings. The molecule has 0 radical (unpaired) electrons. The molecule has 100 valence electrons. The molecular weight excluding hydrogens is 256 g/mol. The molecule has 0 bridgehead atoms. The molecule has 0 saturated carbocycles. The smallest absolute Gasteiger partial charge is 0.335 e. The maximum absolute atomic E-state index is 11.4. The van der Waals surface area contributed by atoms with E-state index in [1.54, 1.807) is 0 Å². The predicted molar refractivity (Wildman–Crippen MR) is 68.2 cm³/mol. The van der Waals surface area contributed by atoms with Crippen molar-refractivity contribution < 1.29 is 18.3 Å². The molecule has 0 amide bonds. The number of sulfonamides is 1. The van der Waals surface area contributed by atoms with E-state index in [-0.39, 0.29) is 10.5 Å². The average molecular weight is 272 g/mol. The van der Waals surface area contributed by atoms with Gasteiger partial charge < -0.3 is 10.4 Å². The number of anilines is 1. The molecule has 18 heavy (non-hydrogen) atoms. The van der Waals surface area contributed by atoms with Gasteiger partial charge in [-0.3, -0.25) is 0 Å². The van der Waals surface area contributed by atoms with Crippen molar-refractivity contribution in [1.82, 2.24) is 0 Å². The number of rotatable bonds is 6. The van der Waals surface area contributed by atoms with Crippen LogP contribution < -0.4 is 10.5 Å². The second kappa shape index (κ2) is 5.83. The van der Waals surface area contributed by atoms with Crippen molar-refractivity contribution in [1.29, 1.82) is 0 Å². The highest BCUT2D eigenvalue weighted by Crippen LogP contribution is 2.21. The zero-order chi connectivity index (χ0) is 13.8. The Labute approximate surface area is 106 Å². The zero-order valence-corrected chi connectivity index (χ0v) is 10.8. The minimum atomic E-state index is -3.95. The van der Waals surface area contributed by atoms with Gasteiger partial charge in [-0.05, 0) is 24.6 Å². The molecule has 0 atom stereocenters. The topological polar surface area (TPSA) is 109 Å². The SMILES string of the molecule is CCCCNc1ccc(C(=O)O)cc1S(N)(=O)=O. The lowest BCUT2D eigenvalue weighted by Crippen LogP contribution is -2.16. The molecule has 1 rings (SSSR count). The fraction of sp³-hybridized carbons (Fsp3) is 0.364. The maximum Gasteiger partial charge on any atom is 0.335 e. The van der Waals surface area contributed by atoms with E-state index in [0.717, 1.165) is 18.9 Å². The number of unbranched alkanes of at least 4 members (excludes halogenated alkanes) is 1. The summed E-state index contributed by atoms with van der Waals surface area (Å²) in [7, 11) is -3.95. The number of nitrogens with one attached hydrogen (secondary N) is 1. The van der Waals surface area contributed by atoms with Crippen molar-refractivity contribution in [2.24, 2.45) is 5.14 Å². The van der Waals surface area contributed by atoms with Crippen molar-refractivity contribution in [3.8, 4) is 0 Å². The van der Waals surface area contributed by atoms with E-state index in [4.69, 9.17) is 10.2 Å². The van der Waals surface area contributed by atoms with E-state index in [9.17, 15) is 13.2 Å². The number of nitrogens with two attached hydrogens (primary N) is 1. The van der Waals surface area contributed by atoms with Gasteiger partial charge in [-0.25, -0.2) is 18.4 Å². The molecule has 0 spiro atoms. The third-order valence-electron chi connectivity index (χ3n) is 2.38. The summed E-state index contributed by atoms with van der Waals surface area (Å²) in [5.41, 5.74) is 0.219. The minimum absolute atomic E-state index is 0.111. The first-order valence-corrected chi connectivity index (χ1v) is 7.05. The molecule has 0 fully saturated rings. The third-order valence-corrected chi connectivity index (χ3v) is 3.33. The van der Waals surface area contributed by atoms with Crippen LogP contribution in [0.25, 0.3) is 0 Å².